The zero-order valence-electron chi connectivity index (χ0n) is 8.01. The highest BCUT2D eigenvalue weighted by Crippen LogP contribution is 2.25. The summed E-state index contributed by atoms with van der Waals surface area (Å²) in [6.45, 7) is 5.03. The van der Waals surface area contributed by atoms with E-state index in [1.165, 1.54) is 0 Å². The third-order valence-corrected chi connectivity index (χ3v) is 2.67. The molecule has 0 fully saturated rings. The highest BCUT2D eigenvalue weighted by Gasteiger charge is 2.19. The molecule has 0 unspecified atom stereocenters. The minimum absolute atomic E-state index is 0.928. The number of likely N-dealkylation sites (N-methyl/N-ethyl adjacent to an activating group) is 1. The number of anilines is 1. The van der Waals surface area contributed by atoms with Crippen LogP contribution in [0.4, 0.5) is 5.82 Å². The molecule has 1 aliphatic rings. The van der Waals surface area contributed by atoms with Gasteiger partial charge in [0, 0.05) is 13.1 Å². The van der Waals surface area contributed by atoms with Crippen LogP contribution in [0.2, 0.25) is 0 Å². The zero-order chi connectivity index (χ0) is 9.54. The van der Waals surface area contributed by atoms with E-state index in [2.05, 4.69) is 26.9 Å². The van der Waals surface area contributed by atoms with Crippen LogP contribution in [0.3, 0.4) is 0 Å². The lowest BCUT2D eigenvalue weighted by molar-refractivity contribution is 0.593. The van der Waals surface area contributed by atoms with E-state index in [1.54, 1.807) is 12.5 Å². The average Bonchev–Trinajstić information content (AvgIpc) is 2.65. The molecule has 0 N–H and O–H groups in total. The Morgan fingerprint density at radius 2 is 2.29 bits per heavy atom. The van der Waals surface area contributed by atoms with Crippen LogP contribution in [0.25, 0.3) is 11.0 Å². The van der Waals surface area contributed by atoms with Crippen LogP contribution in [0, 0.1) is 0 Å². The summed E-state index contributed by atoms with van der Waals surface area (Å²) in [5, 5.41) is 4.28. The Labute approximate surface area is 81.4 Å². The third kappa shape index (κ3) is 0.865. The predicted octanol–water partition coefficient (Wildman–Crippen LogP) is 0.666. The first kappa shape index (κ1) is 7.73. The van der Waals surface area contributed by atoms with Gasteiger partial charge >= 0.3 is 0 Å². The Morgan fingerprint density at radius 3 is 3.14 bits per heavy atom. The Hall–Kier alpha value is -1.65. The molecule has 2 aromatic heterocycles. The Morgan fingerprint density at radius 1 is 1.36 bits per heavy atom. The Bertz CT molecular complexity index is 475. The minimum atomic E-state index is 0.928. The van der Waals surface area contributed by atoms with Gasteiger partial charge in [0.25, 0.3) is 0 Å². The molecule has 0 saturated heterocycles. The van der Waals surface area contributed by atoms with Gasteiger partial charge in [-0.15, -0.1) is 0 Å². The molecule has 1 aliphatic heterocycles. The molecule has 0 bridgehead atoms. The molecule has 0 saturated carbocycles. The van der Waals surface area contributed by atoms with E-state index in [-0.39, 0.29) is 0 Å². The highest BCUT2D eigenvalue weighted by atomic mass is 15.3. The second kappa shape index (κ2) is 2.67. The molecule has 3 rings (SSSR count). The predicted molar refractivity (Wildman–Crippen MR) is 53.2 cm³/mol. The van der Waals surface area contributed by atoms with Crippen molar-refractivity contribution in [3.8, 4) is 0 Å². The maximum atomic E-state index is 4.32. The summed E-state index contributed by atoms with van der Waals surface area (Å²) in [5.74, 6) is 1.02. The lowest BCUT2D eigenvalue weighted by atomic mass is 10.3. The monoisotopic (exact) mass is 189 g/mol. The van der Waals surface area contributed by atoms with Crippen molar-refractivity contribution in [1.29, 1.82) is 0 Å². The van der Waals surface area contributed by atoms with Gasteiger partial charge in [-0.25, -0.2) is 9.97 Å². The lowest BCUT2D eigenvalue weighted by Gasteiger charge is -2.26. The molecule has 0 atom stereocenters. The molecule has 2 aromatic rings. The molecule has 0 aromatic carbocycles. The third-order valence-electron chi connectivity index (χ3n) is 2.67. The van der Waals surface area contributed by atoms with Crippen LogP contribution in [-0.4, -0.2) is 32.8 Å². The van der Waals surface area contributed by atoms with Crippen molar-refractivity contribution in [2.45, 2.75) is 13.5 Å². The van der Waals surface area contributed by atoms with E-state index in [0.29, 0.717) is 0 Å². The van der Waals surface area contributed by atoms with E-state index < -0.39 is 0 Å². The van der Waals surface area contributed by atoms with Gasteiger partial charge in [0.05, 0.1) is 12.7 Å². The van der Waals surface area contributed by atoms with Crippen LogP contribution >= 0.6 is 0 Å². The second-order valence-corrected chi connectivity index (χ2v) is 3.38. The first-order valence-corrected chi connectivity index (χ1v) is 4.81. The van der Waals surface area contributed by atoms with Crippen molar-refractivity contribution >= 4 is 16.9 Å². The number of rotatable bonds is 1. The van der Waals surface area contributed by atoms with Gasteiger partial charge in [-0.1, -0.05) is 0 Å². The summed E-state index contributed by atoms with van der Waals surface area (Å²) in [5.41, 5.74) is 2.01. The lowest BCUT2D eigenvalue weighted by Crippen LogP contribution is -2.32. The molecule has 5 heteroatoms. The average molecular weight is 189 g/mol. The van der Waals surface area contributed by atoms with Crippen molar-refractivity contribution < 1.29 is 0 Å². The molecular weight excluding hydrogens is 178 g/mol. The standard InChI is InChI=1S/C9H11N5/c1-2-13-3-4-14-8-7(5-12-14)10-6-11-9(8)13/h5-6H,2-4H2,1H3. The Kier molecular flexibility index (Phi) is 1.47. The van der Waals surface area contributed by atoms with Crippen LogP contribution in [0.15, 0.2) is 12.5 Å². The van der Waals surface area contributed by atoms with E-state index in [4.69, 9.17) is 0 Å². The summed E-state index contributed by atoms with van der Waals surface area (Å²) in [6, 6.07) is 0. The van der Waals surface area contributed by atoms with Gasteiger partial charge in [0.1, 0.15) is 17.4 Å². The summed E-state index contributed by atoms with van der Waals surface area (Å²) < 4.78 is 1.98. The maximum Gasteiger partial charge on any atom is 0.158 e. The maximum absolute atomic E-state index is 4.32. The molecule has 0 spiro atoms. The van der Waals surface area contributed by atoms with E-state index in [1.807, 2.05) is 4.68 Å². The fourth-order valence-corrected chi connectivity index (χ4v) is 1.94. The van der Waals surface area contributed by atoms with E-state index in [9.17, 15) is 0 Å². The molecular formula is C9H11N5. The van der Waals surface area contributed by atoms with Gasteiger partial charge in [-0.2, -0.15) is 5.10 Å². The van der Waals surface area contributed by atoms with Crippen molar-refractivity contribution in [2.75, 3.05) is 18.0 Å². The first-order valence-electron chi connectivity index (χ1n) is 4.81. The molecule has 0 aliphatic carbocycles. The molecule has 72 valence electrons. The molecule has 3 heterocycles. The molecule has 0 radical (unpaired) electrons. The number of hydrogen-bond acceptors (Lipinski definition) is 4. The van der Waals surface area contributed by atoms with Gasteiger partial charge in [0.15, 0.2) is 5.82 Å². The summed E-state index contributed by atoms with van der Waals surface area (Å²) in [4.78, 5) is 10.8. The van der Waals surface area contributed by atoms with Gasteiger partial charge in [-0.3, -0.25) is 4.68 Å². The summed E-state index contributed by atoms with van der Waals surface area (Å²) in [7, 11) is 0. The van der Waals surface area contributed by atoms with Gasteiger partial charge < -0.3 is 4.90 Å². The molecule has 0 amide bonds. The van der Waals surface area contributed by atoms with Crippen LogP contribution in [0.1, 0.15) is 6.92 Å². The molecule has 14 heavy (non-hydrogen) atoms. The summed E-state index contributed by atoms with van der Waals surface area (Å²) in [6.07, 6.45) is 3.41. The van der Waals surface area contributed by atoms with Crippen LogP contribution in [0.5, 0.6) is 0 Å². The van der Waals surface area contributed by atoms with E-state index in [0.717, 1.165) is 36.5 Å². The largest absolute Gasteiger partial charge is 0.353 e. The van der Waals surface area contributed by atoms with Crippen molar-refractivity contribution in [3.05, 3.63) is 12.5 Å². The quantitative estimate of drug-likeness (QED) is 0.661. The number of nitrogens with zero attached hydrogens (tertiary/aromatic N) is 5. The van der Waals surface area contributed by atoms with Gasteiger partial charge in [0.2, 0.25) is 0 Å². The highest BCUT2D eigenvalue weighted by molar-refractivity contribution is 5.86. The van der Waals surface area contributed by atoms with Crippen LogP contribution in [-0.2, 0) is 6.54 Å². The fraction of sp³-hybridized carbons (Fsp3) is 0.444. The van der Waals surface area contributed by atoms with E-state index >= 15 is 0 Å². The fourth-order valence-electron chi connectivity index (χ4n) is 1.94. The Balaban J connectivity index is 2.34. The number of hydrogen-bond donors (Lipinski definition) is 0. The normalized spacial score (nSPS) is 15.1. The van der Waals surface area contributed by atoms with Crippen molar-refractivity contribution in [2.24, 2.45) is 0 Å². The topological polar surface area (TPSA) is 46.8 Å². The number of aromatic nitrogens is 4. The van der Waals surface area contributed by atoms with Crippen molar-refractivity contribution in [3.63, 3.8) is 0 Å². The first-order chi connectivity index (χ1) is 6.90. The molecule has 5 nitrogen and oxygen atoms in total. The van der Waals surface area contributed by atoms with Crippen molar-refractivity contribution in [1.82, 2.24) is 19.7 Å². The van der Waals surface area contributed by atoms with Gasteiger partial charge in [-0.05, 0) is 6.92 Å². The SMILES string of the molecule is CCN1CCn2ncc3ncnc1c32. The smallest absolute Gasteiger partial charge is 0.158 e. The minimum Gasteiger partial charge on any atom is -0.353 e. The zero-order valence-corrected chi connectivity index (χ0v) is 8.01. The summed E-state index contributed by atoms with van der Waals surface area (Å²) >= 11 is 0. The van der Waals surface area contributed by atoms with Crippen LogP contribution < -0.4 is 4.90 Å². The second-order valence-electron chi connectivity index (χ2n) is 3.38.